The molecule has 0 saturated heterocycles. The van der Waals surface area contributed by atoms with E-state index in [0.717, 1.165) is 33.4 Å². The summed E-state index contributed by atoms with van der Waals surface area (Å²) in [5, 5.41) is 15.6. The molecule has 0 radical (unpaired) electrons. The first-order chi connectivity index (χ1) is 15.4. The zero-order valence-electron chi connectivity index (χ0n) is 18.1. The standard InChI is InChI=1S/C26H23N3O3/c1-16-13-22(18(3)29(16)24-10-6-9-23(17(24)2)26(31)32)15-27-28-25(30)21-12-11-19-7-4-5-8-20(19)14-21/h4-15H,1-3H3,(H,28,30)(H,31,32)/b27-15+. The Kier molecular flexibility index (Phi) is 5.60. The van der Waals surface area contributed by atoms with E-state index in [2.05, 4.69) is 10.5 Å². The maximum atomic E-state index is 12.5. The molecule has 0 aliphatic carbocycles. The molecule has 4 rings (SSSR count). The van der Waals surface area contributed by atoms with Crippen molar-refractivity contribution in [3.8, 4) is 5.69 Å². The van der Waals surface area contributed by atoms with Gasteiger partial charge in [-0.25, -0.2) is 10.2 Å². The first kappa shape index (κ1) is 21.1. The lowest BCUT2D eigenvalue weighted by Crippen LogP contribution is -2.17. The molecule has 6 nitrogen and oxygen atoms in total. The Morgan fingerprint density at radius 1 is 0.938 bits per heavy atom. The van der Waals surface area contributed by atoms with E-state index in [1.165, 1.54) is 0 Å². The van der Waals surface area contributed by atoms with Gasteiger partial charge in [0.05, 0.1) is 11.8 Å². The highest BCUT2D eigenvalue weighted by atomic mass is 16.4. The zero-order valence-corrected chi connectivity index (χ0v) is 18.1. The summed E-state index contributed by atoms with van der Waals surface area (Å²) in [6, 6.07) is 20.6. The number of nitrogens with one attached hydrogen (secondary N) is 1. The minimum atomic E-state index is -0.954. The van der Waals surface area contributed by atoms with E-state index in [4.69, 9.17) is 0 Å². The van der Waals surface area contributed by atoms with Gasteiger partial charge in [0.1, 0.15) is 0 Å². The van der Waals surface area contributed by atoms with Crippen molar-refractivity contribution in [2.45, 2.75) is 20.8 Å². The van der Waals surface area contributed by atoms with Crippen LogP contribution in [0.4, 0.5) is 0 Å². The Labute approximate surface area is 185 Å². The van der Waals surface area contributed by atoms with Crippen LogP contribution in [-0.2, 0) is 0 Å². The van der Waals surface area contributed by atoms with Crippen LogP contribution >= 0.6 is 0 Å². The fraction of sp³-hybridized carbons (Fsp3) is 0.115. The largest absolute Gasteiger partial charge is 0.478 e. The van der Waals surface area contributed by atoms with Gasteiger partial charge in [0.15, 0.2) is 0 Å². The molecule has 0 aliphatic heterocycles. The van der Waals surface area contributed by atoms with Gasteiger partial charge in [-0.05, 0) is 67.4 Å². The number of rotatable bonds is 5. The van der Waals surface area contributed by atoms with Crippen molar-refractivity contribution in [2.24, 2.45) is 5.10 Å². The molecular formula is C26H23N3O3. The smallest absolute Gasteiger partial charge is 0.336 e. The maximum Gasteiger partial charge on any atom is 0.336 e. The van der Waals surface area contributed by atoms with Crippen LogP contribution in [0.1, 0.15) is 43.2 Å². The first-order valence-electron chi connectivity index (χ1n) is 10.2. The van der Waals surface area contributed by atoms with Crippen LogP contribution in [0.15, 0.2) is 71.8 Å². The predicted molar refractivity (Wildman–Crippen MR) is 126 cm³/mol. The fourth-order valence-corrected chi connectivity index (χ4v) is 3.94. The summed E-state index contributed by atoms with van der Waals surface area (Å²) in [5.41, 5.74) is 7.56. The molecule has 0 aliphatic rings. The van der Waals surface area contributed by atoms with E-state index in [1.807, 2.05) is 66.9 Å². The third-order valence-corrected chi connectivity index (χ3v) is 5.63. The van der Waals surface area contributed by atoms with Crippen LogP contribution < -0.4 is 5.43 Å². The van der Waals surface area contributed by atoms with Gasteiger partial charge in [0, 0.05) is 28.2 Å². The molecule has 2 N–H and O–H groups in total. The van der Waals surface area contributed by atoms with Crippen LogP contribution in [0.25, 0.3) is 16.5 Å². The molecule has 0 atom stereocenters. The van der Waals surface area contributed by atoms with Gasteiger partial charge < -0.3 is 9.67 Å². The molecule has 0 saturated carbocycles. The number of benzene rings is 3. The molecule has 0 unspecified atom stereocenters. The Bertz CT molecular complexity index is 1380. The van der Waals surface area contributed by atoms with Gasteiger partial charge in [0.25, 0.3) is 5.91 Å². The summed E-state index contributed by atoms with van der Waals surface area (Å²) in [5.74, 6) is -1.24. The second-order valence-corrected chi connectivity index (χ2v) is 7.68. The number of aryl methyl sites for hydroxylation is 1. The third-order valence-electron chi connectivity index (χ3n) is 5.63. The number of aromatic carboxylic acids is 1. The number of carboxylic acids is 1. The summed E-state index contributed by atoms with van der Waals surface area (Å²) in [7, 11) is 0. The van der Waals surface area contributed by atoms with E-state index in [9.17, 15) is 14.7 Å². The molecule has 1 amide bonds. The van der Waals surface area contributed by atoms with E-state index in [1.54, 1.807) is 31.3 Å². The highest BCUT2D eigenvalue weighted by Crippen LogP contribution is 2.24. The van der Waals surface area contributed by atoms with Crippen molar-refractivity contribution in [2.75, 3.05) is 0 Å². The van der Waals surface area contributed by atoms with Crippen LogP contribution in [0.2, 0.25) is 0 Å². The van der Waals surface area contributed by atoms with Gasteiger partial charge in [-0.3, -0.25) is 4.79 Å². The Balaban J connectivity index is 1.57. The molecule has 160 valence electrons. The number of fused-ring (bicyclic) bond motifs is 1. The van der Waals surface area contributed by atoms with Crippen molar-refractivity contribution >= 4 is 28.9 Å². The Morgan fingerprint density at radius 3 is 2.44 bits per heavy atom. The number of hydrazone groups is 1. The Hall–Kier alpha value is -4.19. The van der Waals surface area contributed by atoms with Crippen molar-refractivity contribution < 1.29 is 14.7 Å². The van der Waals surface area contributed by atoms with Crippen molar-refractivity contribution in [3.63, 3.8) is 0 Å². The normalized spacial score (nSPS) is 11.2. The SMILES string of the molecule is Cc1c(C(=O)O)cccc1-n1c(C)cc(/C=N/NC(=O)c2ccc3ccccc3c2)c1C. The number of aromatic nitrogens is 1. The van der Waals surface area contributed by atoms with Gasteiger partial charge in [-0.1, -0.05) is 36.4 Å². The molecular weight excluding hydrogens is 402 g/mol. The fourth-order valence-electron chi connectivity index (χ4n) is 3.94. The number of hydrogen-bond acceptors (Lipinski definition) is 3. The molecule has 1 heterocycles. The maximum absolute atomic E-state index is 12.5. The molecule has 4 aromatic rings. The van der Waals surface area contributed by atoms with Crippen LogP contribution in [0, 0.1) is 20.8 Å². The summed E-state index contributed by atoms with van der Waals surface area (Å²) in [6.07, 6.45) is 1.61. The average Bonchev–Trinajstić information content (AvgIpc) is 3.06. The number of amides is 1. The highest BCUT2D eigenvalue weighted by molar-refractivity contribution is 5.99. The number of hydrogen-bond donors (Lipinski definition) is 2. The minimum absolute atomic E-state index is 0.271. The second-order valence-electron chi connectivity index (χ2n) is 7.68. The summed E-state index contributed by atoms with van der Waals surface area (Å²) < 4.78 is 1.99. The quantitative estimate of drug-likeness (QED) is 0.348. The van der Waals surface area contributed by atoms with Crippen molar-refractivity contribution in [3.05, 3.63) is 100 Å². The second kappa shape index (κ2) is 8.51. The zero-order chi connectivity index (χ0) is 22.8. The predicted octanol–water partition coefficient (Wildman–Crippen LogP) is 5.02. The lowest BCUT2D eigenvalue weighted by atomic mass is 10.1. The average molecular weight is 425 g/mol. The number of carboxylic acid groups (broad SMARTS) is 1. The third kappa shape index (κ3) is 3.90. The lowest BCUT2D eigenvalue weighted by Gasteiger charge is -2.14. The van der Waals surface area contributed by atoms with Crippen molar-refractivity contribution in [1.29, 1.82) is 0 Å². The van der Waals surface area contributed by atoms with Crippen molar-refractivity contribution in [1.82, 2.24) is 9.99 Å². The number of carbonyl (C=O) groups excluding carboxylic acids is 1. The van der Waals surface area contributed by atoms with Gasteiger partial charge in [-0.15, -0.1) is 0 Å². The van der Waals surface area contributed by atoms with Gasteiger partial charge in [0.2, 0.25) is 0 Å². The Morgan fingerprint density at radius 2 is 1.69 bits per heavy atom. The van der Waals surface area contributed by atoms with E-state index >= 15 is 0 Å². The molecule has 1 aromatic heterocycles. The molecule has 32 heavy (non-hydrogen) atoms. The van der Waals surface area contributed by atoms with E-state index < -0.39 is 5.97 Å². The molecule has 3 aromatic carbocycles. The monoisotopic (exact) mass is 425 g/mol. The summed E-state index contributed by atoms with van der Waals surface area (Å²) in [6.45, 7) is 5.69. The van der Waals surface area contributed by atoms with Gasteiger partial charge in [-0.2, -0.15) is 5.10 Å². The number of nitrogens with zero attached hydrogens (tertiary/aromatic N) is 2. The molecule has 0 fully saturated rings. The lowest BCUT2D eigenvalue weighted by molar-refractivity contribution is 0.0695. The van der Waals surface area contributed by atoms with Crippen LogP contribution in [0.3, 0.4) is 0 Å². The highest BCUT2D eigenvalue weighted by Gasteiger charge is 2.15. The minimum Gasteiger partial charge on any atom is -0.478 e. The topological polar surface area (TPSA) is 83.7 Å². The van der Waals surface area contributed by atoms with Crippen LogP contribution in [0.5, 0.6) is 0 Å². The molecule has 0 bridgehead atoms. The molecule has 0 spiro atoms. The van der Waals surface area contributed by atoms with E-state index in [-0.39, 0.29) is 11.5 Å². The van der Waals surface area contributed by atoms with E-state index in [0.29, 0.717) is 11.1 Å². The van der Waals surface area contributed by atoms with Crippen LogP contribution in [-0.4, -0.2) is 27.8 Å². The van der Waals surface area contributed by atoms with Gasteiger partial charge >= 0.3 is 5.97 Å². The number of carbonyl (C=O) groups is 2. The summed E-state index contributed by atoms with van der Waals surface area (Å²) >= 11 is 0. The summed E-state index contributed by atoms with van der Waals surface area (Å²) in [4.78, 5) is 24.0. The molecule has 6 heteroatoms. The first-order valence-corrected chi connectivity index (χ1v) is 10.2.